The minimum atomic E-state index is -4.45. The molecule has 0 aliphatic heterocycles. The summed E-state index contributed by atoms with van der Waals surface area (Å²) >= 11 is 5.83. The van der Waals surface area contributed by atoms with Crippen LogP contribution in [0.1, 0.15) is 21.7 Å². The summed E-state index contributed by atoms with van der Waals surface area (Å²) in [5.41, 5.74) is -0.0672. The molecule has 10 heteroatoms. The highest BCUT2D eigenvalue weighted by Crippen LogP contribution is 2.29. The summed E-state index contributed by atoms with van der Waals surface area (Å²) in [6, 6.07) is 10.7. The second kappa shape index (κ2) is 7.12. The van der Waals surface area contributed by atoms with E-state index >= 15 is 0 Å². The van der Waals surface area contributed by atoms with E-state index in [1.807, 2.05) is 0 Å². The Morgan fingerprint density at radius 2 is 1.73 bits per heavy atom. The minimum Gasteiger partial charge on any atom is -0.345 e. The molecule has 0 spiro atoms. The summed E-state index contributed by atoms with van der Waals surface area (Å²) < 4.78 is 39.1. The first-order chi connectivity index (χ1) is 12.3. The first-order valence-corrected chi connectivity index (χ1v) is 7.71. The van der Waals surface area contributed by atoms with Crippen LogP contribution in [0.5, 0.6) is 0 Å². The number of hydrogen-bond donors (Lipinski definition) is 1. The minimum absolute atomic E-state index is 0.00448. The fourth-order valence-corrected chi connectivity index (χ4v) is 2.30. The third-order valence-corrected chi connectivity index (χ3v) is 3.74. The average molecular weight is 382 g/mol. The molecule has 1 aromatic heterocycles. The van der Waals surface area contributed by atoms with E-state index in [2.05, 4.69) is 20.8 Å². The van der Waals surface area contributed by atoms with Crippen LogP contribution in [0.2, 0.25) is 5.02 Å². The van der Waals surface area contributed by atoms with Crippen LogP contribution in [-0.2, 0) is 12.7 Å². The topological polar surface area (TPSA) is 72.7 Å². The van der Waals surface area contributed by atoms with Crippen LogP contribution in [0.3, 0.4) is 0 Å². The number of halogens is 4. The van der Waals surface area contributed by atoms with Crippen molar-refractivity contribution < 1.29 is 18.0 Å². The Kier molecular flexibility index (Phi) is 4.90. The monoisotopic (exact) mass is 381 g/mol. The Morgan fingerprint density at radius 3 is 2.35 bits per heavy atom. The SMILES string of the molecule is O=C(NCc1nnnn1-c1ccc(Cl)cc1)c1ccc(C(F)(F)F)cc1. The highest BCUT2D eigenvalue weighted by molar-refractivity contribution is 6.30. The van der Waals surface area contributed by atoms with Crippen LogP contribution in [0.15, 0.2) is 48.5 Å². The molecule has 134 valence electrons. The van der Waals surface area contributed by atoms with Crippen molar-refractivity contribution in [2.75, 3.05) is 0 Å². The molecular formula is C16H11ClF3N5O. The van der Waals surface area contributed by atoms with Gasteiger partial charge in [-0.05, 0) is 59.0 Å². The van der Waals surface area contributed by atoms with Crippen LogP contribution >= 0.6 is 11.6 Å². The zero-order chi connectivity index (χ0) is 18.7. The zero-order valence-electron chi connectivity index (χ0n) is 13.0. The highest BCUT2D eigenvalue weighted by atomic mass is 35.5. The second-order valence-corrected chi connectivity index (χ2v) is 5.68. The van der Waals surface area contributed by atoms with Crippen LogP contribution in [-0.4, -0.2) is 26.1 Å². The van der Waals surface area contributed by atoms with E-state index in [1.165, 1.54) is 4.68 Å². The quantitative estimate of drug-likeness (QED) is 0.753. The lowest BCUT2D eigenvalue weighted by Crippen LogP contribution is -2.24. The van der Waals surface area contributed by atoms with E-state index in [-0.39, 0.29) is 12.1 Å². The molecule has 0 bridgehead atoms. The Labute approximate surface area is 150 Å². The molecule has 0 radical (unpaired) electrons. The van der Waals surface area contributed by atoms with Crippen molar-refractivity contribution in [2.45, 2.75) is 12.7 Å². The fourth-order valence-electron chi connectivity index (χ4n) is 2.17. The van der Waals surface area contributed by atoms with Crippen molar-refractivity contribution in [2.24, 2.45) is 0 Å². The number of nitrogens with one attached hydrogen (secondary N) is 1. The lowest BCUT2D eigenvalue weighted by molar-refractivity contribution is -0.137. The molecule has 0 saturated carbocycles. The van der Waals surface area contributed by atoms with E-state index < -0.39 is 17.6 Å². The molecule has 1 N–H and O–H groups in total. The Hall–Kier alpha value is -2.94. The molecule has 0 aliphatic rings. The molecule has 0 fully saturated rings. The molecule has 0 unspecified atom stereocenters. The third-order valence-electron chi connectivity index (χ3n) is 3.49. The summed E-state index contributed by atoms with van der Waals surface area (Å²) in [7, 11) is 0. The summed E-state index contributed by atoms with van der Waals surface area (Å²) in [5, 5.41) is 14.4. The summed E-state index contributed by atoms with van der Waals surface area (Å²) in [6.45, 7) is -0.00448. The van der Waals surface area contributed by atoms with Gasteiger partial charge in [-0.2, -0.15) is 17.9 Å². The number of nitrogens with zero attached hydrogens (tertiary/aromatic N) is 4. The standard InChI is InChI=1S/C16H11ClF3N5O/c17-12-5-7-13(8-6-12)25-14(22-23-24-25)9-21-15(26)10-1-3-11(4-2-10)16(18,19)20/h1-8H,9H2,(H,21,26). The van der Waals surface area contributed by atoms with Gasteiger partial charge in [-0.1, -0.05) is 11.6 Å². The van der Waals surface area contributed by atoms with Gasteiger partial charge < -0.3 is 5.32 Å². The molecule has 0 aliphatic carbocycles. The largest absolute Gasteiger partial charge is 0.416 e. The Bertz CT molecular complexity index is 907. The van der Waals surface area contributed by atoms with Gasteiger partial charge in [0.2, 0.25) is 0 Å². The van der Waals surface area contributed by atoms with Crippen molar-refractivity contribution in [1.29, 1.82) is 0 Å². The van der Waals surface area contributed by atoms with Crippen LogP contribution in [0.25, 0.3) is 5.69 Å². The van der Waals surface area contributed by atoms with E-state index in [4.69, 9.17) is 11.6 Å². The first-order valence-electron chi connectivity index (χ1n) is 7.33. The molecule has 6 nitrogen and oxygen atoms in total. The van der Waals surface area contributed by atoms with Crippen LogP contribution in [0, 0.1) is 0 Å². The fraction of sp³-hybridized carbons (Fsp3) is 0.125. The van der Waals surface area contributed by atoms with Gasteiger partial charge in [0.15, 0.2) is 5.82 Å². The van der Waals surface area contributed by atoms with E-state index in [0.29, 0.717) is 16.5 Å². The maximum Gasteiger partial charge on any atom is 0.416 e. The van der Waals surface area contributed by atoms with E-state index in [0.717, 1.165) is 24.3 Å². The molecule has 3 rings (SSSR count). The molecular weight excluding hydrogens is 371 g/mol. The van der Waals surface area contributed by atoms with Crippen molar-refractivity contribution in [3.8, 4) is 5.69 Å². The number of carbonyl (C=O) groups excluding carboxylic acids is 1. The van der Waals surface area contributed by atoms with Gasteiger partial charge in [-0.15, -0.1) is 5.10 Å². The summed E-state index contributed by atoms with van der Waals surface area (Å²) in [6.07, 6.45) is -4.45. The van der Waals surface area contributed by atoms with Gasteiger partial charge in [0, 0.05) is 10.6 Å². The van der Waals surface area contributed by atoms with Gasteiger partial charge >= 0.3 is 6.18 Å². The smallest absolute Gasteiger partial charge is 0.345 e. The van der Waals surface area contributed by atoms with Crippen molar-refractivity contribution >= 4 is 17.5 Å². The maximum atomic E-state index is 12.6. The van der Waals surface area contributed by atoms with E-state index in [9.17, 15) is 18.0 Å². The number of aromatic nitrogens is 4. The molecule has 0 atom stereocenters. The zero-order valence-corrected chi connectivity index (χ0v) is 13.8. The van der Waals surface area contributed by atoms with Gasteiger partial charge in [-0.25, -0.2) is 0 Å². The number of carbonyl (C=O) groups is 1. The average Bonchev–Trinajstić information content (AvgIpc) is 3.08. The lowest BCUT2D eigenvalue weighted by Gasteiger charge is -2.08. The molecule has 1 amide bonds. The highest BCUT2D eigenvalue weighted by Gasteiger charge is 2.30. The van der Waals surface area contributed by atoms with Gasteiger partial charge in [0.05, 0.1) is 17.8 Å². The second-order valence-electron chi connectivity index (χ2n) is 5.24. The molecule has 26 heavy (non-hydrogen) atoms. The molecule has 0 saturated heterocycles. The first kappa shape index (κ1) is 17.9. The van der Waals surface area contributed by atoms with Crippen LogP contribution in [0.4, 0.5) is 13.2 Å². The van der Waals surface area contributed by atoms with Gasteiger partial charge in [0.25, 0.3) is 5.91 Å². The van der Waals surface area contributed by atoms with Gasteiger partial charge in [0.1, 0.15) is 0 Å². The van der Waals surface area contributed by atoms with Crippen molar-refractivity contribution in [3.05, 3.63) is 70.5 Å². The normalized spacial score (nSPS) is 11.4. The number of hydrogen-bond acceptors (Lipinski definition) is 4. The molecule has 2 aromatic carbocycles. The van der Waals surface area contributed by atoms with Crippen molar-refractivity contribution in [3.63, 3.8) is 0 Å². The Morgan fingerprint density at radius 1 is 1.08 bits per heavy atom. The number of tetrazole rings is 1. The third kappa shape index (κ3) is 3.99. The number of alkyl halides is 3. The lowest BCUT2D eigenvalue weighted by atomic mass is 10.1. The maximum absolute atomic E-state index is 12.6. The van der Waals surface area contributed by atoms with Gasteiger partial charge in [-0.3, -0.25) is 4.79 Å². The molecule has 3 aromatic rings. The summed E-state index contributed by atoms with van der Waals surface area (Å²) in [5.74, 6) is -0.183. The number of rotatable bonds is 4. The summed E-state index contributed by atoms with van der Waals surface area (Å²) in [4.78, 5) is 12.1. The predicted molar refractivity (Wildman–Crippen MR) is 86.8 cm³/mol. The Balaban J connectivity index is 1.69. The predicted octanol–water partition coefficient (Wildman–Crippen LogP) is 3.26. The van der Waals surface area contributed by atoms with Crippen LogP contribution < -0.4 is 5.32 Å². The van der Waals surface area contributed by atoms with E-state index in [1.54, 1.807) is 24.3 Å². The number of benzene rings is 2. The van der Waals surface area contributed by atoms with Crippen molar-refractivity contribution in [1.82, 2.24) is 25.5 Å². The number of amides is 1. The molecule has 1 heterocycles.